The van der Waals surface area contributed by atoms with Gasteiger partial charge in [-0.15, -0.1) is 0 Å². The van der Waals surface area contributed by atoms with Crippen LogP contribution in [0.15, 0.2) is 41.4 Å². The molecule has 3 fully saturated rings. The Morgan fingerprint density at radius 1 is 1.17 bits per heavy atom. The van der Waals surface area contributed by atoms with Gasteiger partial charge in [-0.2, -0.15) is 0 Å². The molecule has 4 atom stereocenters. The Labute approximate surface area is 134 Å². The second-order valence-electron chi connectivity index (χ2n) is 7.20. The molecule has 2 aromatic rings. The van der Waals surface area contributed by atoms with Crippen molar-refractivity contribution < 1.29 is 0 Å². The Hall–Kier alpha value is -2.29. The summed E-state index contributed by atoms with van der Waals surface area (Å²) >= 11 is 0. The summed E-state index contributed by atoms with van der Waals surface area (Å²) in [7, 11) is 0. The van der Waals surface area contributed by atoms with Crippen molar-refractivity contribution in [3.05, 3.63) is 47.0 Å². The Kier molecular flexibility index (Phi) is 2.20. The lowest BCUT2D eigenvalue weighted by Gasteiger charge is -2.55. The van der Waals surface area contributed by atoms with E-state index in [1.807, 2.05) is 6.21 Å². The molecule has 1 aromatic heterocycles. The highest BCUT2D eigenvalue weighted by molar-refractivity contribution is 5.82. The van der Waals surface area contributed by atoms with Gasteiger partial charge in [-0.25, -0.2) is 0 Å². The van der Waals surface area contributed by atoms with Gasteiger partial charge in [-0.05, 0) is 25.0 Å². The molecule has 2 bridgehead atoms. The van der Waals surface area contributed by atoms with Gasteiger partial charge in [0.15, 0.2) is 0 Å². The molecule has 23 heavy (non-hydrogen) atoms. The monoisotopic (exact) mass is 301 g/mol. The number of allylic oxidation sites excluding steroid dienone is 1. The van der Waals surface area contributed by atoms with Crippen molar-refractivity contribution >= 4 is 28.9 Å². The number of rotatable bonds is 0. The van der Waals surface area contributed by atoms with E-state index in [4.69, 9.17) is 4.99 Å². The van der Waals surface area contributed by atoms with Crippen LogP contribution in [0.1, 0.15) is 12.8 Å². The van der Waals surface area contributed by atoms with Crippen LogP contribution in [-0.2, 0) is 0 Å². The SMILES string of the molecule is C1=CC2C(N=C1)C1CCC2N2CC=c3c([nH]c4ccccc34)=C12. The molecule has 3 heteroatoms. The van der Waals surface area contributed by atoms with Crippen molar-refractivity contribution in [3.8, 4) is 0 Å². The quantitative estimate of drug-likeness (QED) is 0.790. The number of fused-ring (bicyclic) bond motifs is 4. The standard InChI is InChI=1S/C20H19N3/c1-2-6-16-12(4-1)13-9-11-23-17-8-7-15(20(23)19(13)22-16)18-14(17)5-3-10-21-18/h1-6,9-10,14-15,17-18,22H,7-8,11H2. The van der Waals surface area contributed by atoms with Crippen LogP contribution < -0.4 is 10.6 Å². The van der Waals surface area contributed by atoms with Crippen LogP contribution in [0, 0.1) is 11.8 Å². The molecule has 0 radical (unpaired) electrons. The molecule has 7 rings (SSSR count). The number of nitrogens with zero attached hydrogens (tertiary/aromatic N) is 2. The van der Waals surface area contributed by atoms with E-state index in [0.29, 0.717) is 23.9 Å². The van der Waals surface area contributed by atoms with Crippen LogP contribution in [-0.4, -0.2) is 34.7 Å². The van der Waals surface area contributed by atoms with E-state index in [-0.39, 0.29) is 0 Å². The normalized spacial score (nSPS) is 33.4. The fourth-order valence-electron chi connectivity index (χ4n) is 5.37. The molecule has 1 aromatic carbocycles. The van der Waals surface area contributed by atoms with Crippen LogP contribution in [0.3, 0.4) is 0 Å². The molecule has 0 amide bonds. The Bertz CT molecular complexity index is 994. The van der Waals surface area contributed by atoms with Crippen LogP contribution in [0.4, 0.5) is 0 Å². The molecular weight excluding hydrogens is 282 g/mol. The van der Waals surface area contributed by atoms with E-state index in [1.165, 1.54) is 40.0 Å². The van der Waals surface area contributed by atoms with Gasteiger partial charge in [0.2, 0.25) is 0 Å². The lowest BCUT2D eigenvalue weighted by atomic mass is 9.66. The van der Waals surface area contributed by atoms with Gasteiger partial charge in [0.05, 0.1) is 11.4 Å². The van der Waals surface area contributed by atoms with Crippen LogP contribution >= 0.6 is 0 Å². The van der Waals surface area contributed by atoms with Crippen molar-refractivity contribution in [1.29, 1.82) is 0 Å². The first-order chi connectivity index (χ1) is 11.4. The van der Waals surface area contributed by atoms with Crippen molar-refractivity contribution in [2.24, 2.45) is 16.8 Å². The molecule has 5 heterocycles. The highest BCUT2D eigenvalue weighted by Gasteiger charge is 2.50. The highest BCUT2D eigenvalue weighted by atomic mass is 15.2. The van der Waals surface area contributed by atoms with Crippen molar-refractivity contribution in [1.82, 2.24) is 9.88 Å². The molecule has 2 saturated heterocycles. The van der Waals surface area contributed by atoms with Crippen molar-refractivity contribution in [2.75, 3.05) is 6.54 Å². The van der Waals surface area contributed by atoms with Crippen molar-refractivity contribution in [2.45, 2.75) is 24.9 Å². The number of dihydropyridines is 1. The summed E-state index contributed by atoms with van der Waals surface area (Å²) in [6, 6.07) is 9.75. The number of hydrogen-bond acceptors (Lipinski definition) is 2. The fourth-order valence-corrected chi connectivity index (χ4v) is 5.37. The number of aliphatic imine (C=N–C) groups is 1. The summed E-state index contributed by atoms with van der Waals surface area (Å²) in [4.78, 5) is 11.2. The zero-order chi connectivity index (χ0) is 15.0. The molecule has 0 spiro atoms. The predicted octanol–water partition coefficient (Wildman–Crippen LogP) is 1.79. The topological polar surface area (TPSA) is 31.4 Å². The van der Waals surface area contributed by atoms with E-state index in [9.17, 15) is 0 Å². The van der Waals surface area contributed by atoms with Gasteiger partial charge in [0.1, 0.15) is 0 Å². The number of aromatic nitrogens is 1. The number of H-pyrrole nitrogens is 1. The third-order valence-corrected chi connectivity index (χ3v) is 6.26. The highest BCUT2D eigenvalue weighted by Crippen LogP contribution is 2.48. The summed E-state index contributed by atoms with van der Waals surface area (Å²) in [5.74, 6) is 1.16. The second kappa shape index (κ2) is 4.16. The van der Waals surface area contributed by atoms with Crippen LogP contribution in [0.5, 0.6) is 0 Å². The zero-order valence-corrected chi connectivity index (χ0v) is 12.9. The first kappa shape index (κ1) is 12.2. The molecule has 1 N–H and O–H groups in total. The Morgan fingerprint density at radius 3 is 3.13 bits per heavy atom. The zero-order valence-electron chi connectivity index (χ0n) is 12.9. The smallest absolute Gasteiger partial charge is 0.0665 e. The molecule has 1 aliphatic carbocycles. The molecular formula is C20H19N3. The number of aromatic amines is 1. The average molecular weight is 301 g/mol. The third kappa shape index (κ3) is 1.43. The van der Waals surface area contributed by atoms with Gasteiger partial charge < -0.3 is 9.88 Å². The van der Waals surface area contributed by atoms with E-state index in [1.54, 1.807) is 0 Å². The van der Waals surface area contributed by atoms with Gasteiger partial charge >= 0.3 is 0 Å². The minimum Gasteiger partial charge on any atom is -0.365 e. The maximum absolute atomic E-state index is 4.87. The van der Waals surface area contributed by atoms with Crippen LogP contribution in [0.25, 0.3) is 22.7 Å². The van der Waals surface area contributed by atoms with E-state index in [2.05, 4.69) is 52.4 Å². The van der Waals surface area contributed by atoms with Gasteiger partial charge in [-0.1, -0.05) is 30.4 Å². The third-order valence-electron chi connectivity index (χ3n) is 6.26. The average Bonchev–Trinajstić information content (AvgIpc) is 3.01. The number of piperidine rings is 2. The van der Waals surface area contributed by atoms with E-state index < -0.39 is 0 Å². The van der Waals surface area contributed by atoms with E-state index in [0.717, 1.165) is 6.54 Å². The lowest BCUT2D eigenvalue weighted by molar-refractivity contribution is 0.0951. The van der Waals surface area contributed by atoms with E-state index >= 15 is 0 Å². The van der Waals surface area contributed by atoms with Gasteiger partial charge in [0, 0.05) is 52.5 Å². The Morgan fingerprint density at radius 2 is 2.13 bits per heavy atom. The molecule has 4 unspecified atom stereocenters. The number of hydrogen-bond donors (Lipinski definition) is 1. The second-order valence-corrected chi connectivity index (χ2v) is 7.20. The Balaban J connectivity index is 1.68. The van der Waals surface area contributed by atoms with Gasteiger partial charge in [0.25, 0.3) is 0 Å². The molecule has 5 aliphatic rings. The summed E-state index contributed by atoms with van der Waals surface area (Å²) < 4.78 is 0. The largest absolute Gasteiger partial charge is 0.365 e. The minimum atomic E-state index is 0.447. The number of para-hydroxylation sites is 1. The molecule has 1 saturated carbocycles. The predicted molar refractivity (Wildman–Crippen MR) is 93.5 cm³/mol. The fraction of sp³-hybridized carbons (Fsp3) is 0.350. The molecule has 4 aliphatic heterocycles. The summed E-state index contributed by atoms with van der Waals surface area (Å²) in [6.45, 7) is 1.05. The lowest BCUT2D eigenvalue weighted by Crippen LogP contribution is -2.61. The maximum atomic E-state index is 4.87. The first-order valence-electron chi connectivity index (χ1n) is 8.69. The van der Waals surface area contributed by atoms with Crippen LogP contribution in [0.2, 0.25) is 0 Å². The number of benzene rings is 1. The molecule has 3 nitrogen and oxygen atoms in total. The summed E-state index contributed by atoms with van der Waals surface area (Å²) in [6.07, 6.45) is 11.5. The summed E-state index contributed by atoms with van der Waals surface area (Å²) in [5, 5.41) is 4.13. The minimum absolute atomic E-state index is 0.447. The van der Waals surface area contributed by atoms with Crippen molar-refractivity contribution in [3.63, 3.8) is 0 Å². The maximum Gasteiger partial charge on any atom is 0.0665 e. The summed E-state index contributed by atoms with van der Waals surface area (Å²) in [5.41, 5.74) is 2.79. The first-order valence-corrected chi connectivity index (χ1v) is 8.69. The number of nitrogens with one attached hydrogen (secondary N) is 1. The van der Waals surface area contributed by atoms with Gasteiger partial charge in [-0.3, -0.25) is 4.99 Å². The molecule has 114 valence electrons.